The molecule has 4 rings (SSSR count). The van der Waals surface area contributed by atoms with Crippen molar-refractivity contribution in [3.8, 4) is 22.6 Å². The largest absolute Gasteiger partial charge is 0.493 e. The van der Waals surface area contributed by atoms with Crippen molar-refractivity contribution in [2.24, 2.45) is 0 Å². The molecule has 2 amide bonds. The number of nitrogens with zero attached hydrogens (tertiary/aromatic N) is 2. The number of benzene rings is 2. The van der Waals surface area contributed by atoms with Gasteiger partial charge in [-0.15, -0.1) is 0 Å². The Balaban J connectivity index is 1.67. The van der Waals surface area contributed by atoms with E-state index in [1.165, 1.54) is 0 Å². The van der Waals surface area contributed by atoms with Crippen LogP contribution in [0.5, 0.6) is 11.5 Å². The van der Waals surface area contributed by atoms with Gasteiger partial charge in [0.15, 0.2) is 11.5 Å². The van der Waals surface area contributed by atoms with Gasteiger partial charge in [0, 0.05) is 11.3 Å². The molecular formula is C23H24N4O4. The number of hydrogen-bond acceptors (Lipinski definition) is 5. The minimum Gasteiger partial charge on any atom is -0.493 e. The molecule has 0 saturated carbocycles. The highest BCUT2D eigenvalue weighted by atomic mass is 16.5. The lowest BCUT2D eigenvalue weighted by atomic mass is 10.1. The van der Waals surface area contributed by atoms with Gasteiger partial charge in [0.1, 0.15) is 11.9 Å². The smallest absolute Gasteiger partial charge is 0.249 e. The Morgan fingerprint density at radius 3 is 2.48 bits per heavy atom. The number of carbonyl (C=O) groups excluding carboxylic acids is 2. The molecule has 1 aliphatic rings. The van der Waals surface area contributed by atoms with Crippen molar-refractivity contribution in [1.29, 1.82) is 0 Å². The van der Waals surface area contributed by atoms with Gasteiger partial charge in [-0.05, 0) is 54.8 Å². The number of aryl methyl sites for hydroxylation is 2. The Labute approximate surface area is 180 Å². The summed E-state index contributed by atoms with van der Waals surface area (Å²) in [5.41, 5.74) is 4.27. The third-order valence-corrected chi connectivity index (χ3v) is 5.21. The molecule has 2 N–H and O–H groups in total. The van der Waals surface area contributed by atoms with Crippen LogP contribution in [-0.4, -0.2) is 35.8 Å². The lowest BCUT2D eigenvalue weighted by Crippen LogP contribution is -2.35. The van der Waals surface area contributed by atoms with Crippen LogP contribution < -0.4 is 20.1 Å². The van der Waals surface area contributed by atoms with Crippen LogP contribution in [0.3, 0.4) is 0 Å². The van der Waals surface area contributed by atoms with E-state index in [9.17, 15) is 9.59 Å². The van der Waals surface area contributed by atoms with Crippen LogP contribution in [0.1, 0.15) is 23.6 Å². The van der Waals surface area contributed by atoms with Crippen LogP contribution in [0, 0.1) is 13.8 Å². The highest BCUT2D eigenvalue weighted by Crippen LogP contribution is 2.38. The minimum atomic E-state index is -0.751. The summed E-state index contributed by atoms with van der Waals surface area (Å²) in [5.74, 6) is 1.11. The van der Waals surface area contributed by atoms with Crippen LogP contribution in [0.2, 0.25) is 0 Å². The third-order valence-electron chi connectivity index (χ3n) is 5.21. The topological polar surface area (TPSA) is 94.5 Å². The van der Waals surface area contributed by atoms with Crippen molar-refractivity contribution in [1.82, 2.24) is 9.78 Å². The summed E-state index contributed by atoms with van der Waals surface area (Å²) in [6.45, 7) is 3.94. The molecule has 0 fully saturated rings. The van der Waals surface area contributed by atoms with Crippen LogP contribution in [-0.2, 0) is 9.59 Å². The van der Waals surface area contributed by atoms with E-state index in [1.54, 1.807) is 31.2 Å². The molecule has 160 valence electrons. The van der Waals surface area contributed by atoms with Crippen molar-refractivity contribution in [2.75, 3.05) is 24.9 Å². The Hall–Kier alpha value is -3.81. The number of amides is 2. The van der Waals surface area contributed by atoms with Crippen molar-refractivity contribution in [2.45, 2.75) is 26.3 Å². The van der Waals surface area contributed by atoms with Crippen LogP contribution >= 0.6 is 0 Å². The van der Waals surface area contributed by atoms with Gasteiger partial charge >= 0.3 is 0 Å². The van der Waals surface area contributed by atoms with E-state index < -0.39 is 6.04 Å². The molecule has 0 saturated heterocycles. The second-order valence-electron chi connectivity index (χ2n) is 7.55. The van der Waals surface area contributed by atoms with E-state index in [0.717, 1.165) is 16.7 Å². The maximum Gasteiger partial charge on any atom is 0.249 e. The summed E-state index contributed by atoms with van der Waals surface area (Å²) < 4.78 is 12.2. The van der Waals surface area contributed by atoms with Gasteiger partial charge in [-0.25, -0.2) is 4.68 Å². The fraction of sp³-hybridized carbons (Fsp3) is 0.261. The maximum absolute atomic E-state index is 13.0. The zero-order valence-electron chi connectivity index (χ0n) is 17.9. The first-order valence-electron chi connectivity index (χ1n) is 9.88. The fourth-order valence-corrected chi connectivity index (χ4v) is 3.86. The predicted octanol–water partition coefficient (Wildman–Crippen LogP) is 3.71. The summed E-state index contributed by atoms with van der Waals surface area (Å²) >= 11 is 0. The number of hydrogen-bond donors (Lipinski definition) is 2. The number of ether oxygens (including phenoxy) is 2. The Bertz CT molecular complexity index is 1150. The zero-order valence-corrected chi connectivity index (χ0v) is 17.9. The van der Waals surface area contributed by atoms with E-state index in [4.69, 9.17) is 9.47 Å². The van der Waals surface area contributed by atoms with Gasteiger partial charge in [0.05, 0.1) is 26.8 Å². The molecular weight excluding hydrogens is 396 g/mol. The molecule has 2 heterocycles. The molecule has 31 heavy (non-hydrogen) atoms. The normalized spacial score (nSPS) is 15.1. The van der Waals surface area contributed by atoms with Gasteiger partial charge in [0.25, 0.3) is 0 Å². The highest BCUT2D eigenvalue weighted by molar-refractivity contribution is 6.03. The number of carbonyl (C=O) groups is 2. The van der Waals surface area contributed by atoms with Crippen LogP contribution in [0.25, 0.3) is 11.1 Å². The molecule has 0 spiro atoms. The van der Waals surface area contributed by atoms with Crippen LogP contribution in [0.4, 0.5) is 11.5 Å². The van der Waals surface area contributed by atoms with Gasteiger partial charge in [0.2, 0.25) is 11.8 Å². The number of methoxy groups -OCH3 is 2. The molecule has 1 atom stereocenters. The summed E-state index contributed by atoms with van der Waals surface area (Å²) in [4.78, 5) is 25.5. The molecule has 1 unspecified atom stereocenters. The monoisotopic (exact) mass is 420 g/mol. The zero-order chi connectivity index (χ0) is 22.1. The average molecular weight is 420 g/mol. The number of fused-ring (bicyclic) bond motifs is 1. The van der Waals surface area contributed by atoms with E-state index in [0.29, 0.717) is 28.6 Å². The van der Waals surface area contributed by atoms with Crippen molar-refractivity contribution < 1.29 is 19.1 Å². The van der Waals surface area contributed by atoms with E-state index >= 15 is 0 Å². The summed E-state index contributed by atoms with van der Waals surface area (Å²) in [6, 6.07) is 10.5. The minimum absolute atomic E-state index is 0.0106. The first kappa shape index (κ1) is 20.5. The molecule has 8 heteroatoms. The molecule has 1 aromatic heterocycles. The van der Waals surface area contributed by atoms with Gasteiger partial charge < -0.3 is 20.1 Å². The molecule has 0 aliphatic carbocycles. The summed E-state index contributed by atoms with van der Waals surface area (Å²) in [6.07, 6.45) is 1.65. The van der Waals surface area contributed by atoms with Gasteiger partial charge in [-0.3, -0.25) is 9.59 Å². The standard InChI is InChI=1S/C23H24N4O4/c1-13-7-14(2)9-16(8-13)25-23(29)18-11-21(28)26-22-17(12-24-27(18)22)15-5-6-19(30-3)20(10-15)31-4/h5-10,12,18H,11H2,1-4H3,(H,25,29)(H,26,28). The Morgan fingerprint density at radius 2 is 1.81 bits per heavy atom. The number of rotatable bonds is 5. The van der Waals surface area contributed by atoms with Crippen molar-refractivity contribution in [3.05, 3.63) is 53.7 Å². The molecule has 2 aromatic carbocycles. The molecule has 0 bridgehead atoms. The molecule has 0 radical (unpaired) electrons. The second-order valence-corrected chi connectivity index (χ2v) is 7.55. The maximum atomic E-state index is 13.0. The number of nitrogens with one attached hydrogen (secondary N) is 2. The Morgan fingerprint density at radius 1 is 1.10 bits per heavy atom. The third kappa shape index (κ3) is 3.96. The van der Waals surface area contributed by atoms with Gasteiger partial charge in [-0.1, -0.05) is 12.1 Å². The lowest BCUT2D eigenvalue weighted by Gasteiger charge is -2.25. The van der Waals surface area contributed by atoms with Crippen molar-refractivity contribution in [3.63, 3.8) is 0 Å². The van der Waals surface area contributed by atoms with Crippen molar-refractivity contribution >= 4 is 23.3 Å². The Kier molecular flexibility index (Phi) is 5.37. The summed E-state index contributed by atoms with van der Waals surface area (Å²) in [5, 5.41) is 10.2. The van der Waals surface area contributed by atoms with Crippen LogP contribution in [0.15, 0.2) is 42.6 Å². The fourth-order valence-electron chi connectivity index (χ4n) is 3.86. The van der Waals surface area contributed by atoms with Gasteiger partial charge in [-0.2, -0.15) is 5.10 Å². The highest BCUT2D eigenvalue weighted by Gasteiger charge is 2.33. The number of anilines is 2. The quantitative estimate of drug-likeness (QED) is 0.656. The molecule has 1 aliphatic heterocycles. The SMILES string of the molecule is COc1ccc(-c2cnn3c2NC(=O)CC3C(=O)Nc2cc(C)cc(C)c2)cc1OC. The molecule has 3 aromatic rings. The average Bonchev–Trinajstić information content (AvgIpc) is 3.15. The van der Waals surface area contributed by atoms with E-state index in [2.05, 4.69) is 15.7 Å². The van der Waals surface area contributed by atoms with E-state index in [-0.39, 0.29) is 18.2 Å². The lowest BCUT2D eigenvalue weighted by molar-refractivity contribution is -0.125. The number of aromatic nitrogens is 2. The first-order chi connectivity index (χ1) is 14.9. The second kappa shape index (κ2) is 8.14. The predicted molar refractivity (Wildman–Crippen MR) is 118 cm³/mol. The summed E-state index contributed by atoms with van der Waals surface area (Å²) in [7, 11) is 3.13. The first-order valence-corrected chi connectivity index (χ1v) is 9.88. The van der Waals surface area contributed by atoms with E-state index in [1.807, 2.05) is 44.2 Å². The molecule has 8 nitrogen and oxygen atoms in total.